The zero-order valence-corrected chi connectivity index (χ0v) is 14.4. The fraction of sp³-hybridized carbons (Fsp3) is 0.333. The van der Waals surface area contributed by atoms with Crippen molar-refractivity contribution in [3.8, 4) is 5.75 Å². The molecule has 0 aliphatic rings. The second kappa shape index (κ2) is 8.34. The summed E-state index contributed by atoms with van der Waals surface area (Å²) in [5.41, 5.74) is 1.07. The van der Waals surface area contributed by atoms with Gasteiger partial charge in [0.05, 0.1) is 24.3 Å². The predicted octanol–water partition coefficient (Wildman–Crippen LogP) is 2.22. The molecule has 0 saturated carbocycles. The van der Waals surface area contributed by atoms with E-state index in [4.69, 9.17) is 9.26 Å². The highest BCUT2D eigenvalue weighted by Gasteiger charge is 2.09. The molecule has 0 atom stereocenters. The van der Waals surface area contributed by atoms with Gasteiger partial charge in [0.1, 0.15) is 5.75 Å². The Morgan fingerprint density at radius 1 is 1.33 bits per heavy atom. The Bertz CT molecular complexity index is 732. The minimum absolute atomic E-state index is 0.167. The number of hydrogen-bond donors (Lipinski definition) is 2. The van der Waals surface area contributed by atoms with Crippen LogP contribution in [-0.2, 0) is 15.3 Å². The number of amides is 2. The average Bonchev–Trinajstić information content (AvgIpc) is 2.92. The standard InChI is InChI=1S/C15H18N4O4S/c1-9(20)16-12-6-11(4-5-13(12)22-3)18-15(21)8-24-7-14-17-10(2)23-19-14/h4-6H,7-8H2,1-3H3,(H,16,20)(H,18,21). The molecule has 8 nitrogen and oxygen atoms in total. The van der Waals surface area contributed by atoms with E-state index in [1.54, 1.807) is 25.1 Å². The monoisotopic (exact) mass is 350 g/mol. The lowest BCUT2D eigenvalue weighted by atomic mass is 10.2. The van der Waals surface area contributed by atoms with Crippen molar-refractivity contribution in [2.24, 2.45) is 0 Å². The largest absolute Gasteiger partial charge is 0.495 e. The zero-order chi connectivity index (χ0) is 17.5. The van der Waals surface area contributed by atoms with E-state index in [1.807, 2.05) is 0 Å². The van der Waals surface area contributed by atoms with Crippen molar-refractivity contribution < 1.29 is 18.8 Å². The molecule has 128 valence electrons. The first kappa shape index (κ1) is 17.8. The van der Waals surface area contributed by atoms with Crippen LogP contribution in [0.25, 0.3) is 0 Å². The summed E-state index contributed by atoms with van der Waals surface area (Å²) < 4.78 is 10.0. The number of nitrogens with zero attached hydrogens (tertiary/aromatic N) is 2. The van der Waals surface area contributed by atoms with Crippen LogP contribution in [0.3, 0.4) is 0 Å². The highest BCUT2D eigenvalue weighted by molar-refractivity contribution is 7.99. The summed E-state index contributed by atoms with van der Waals surface area (Å²) in [6.07, 6.45) is 0. The number of methoxy groups -OCH3 is 1. The van der Waals surface area contributed by atoms with Crippen LogP contribution in [0, 0.1) is 6.92 Å². The Morgan fingerprint density at radius 3 is 2.75 bits per heavy atom. The van der Waals surface area contributed by atoms with E-state index in [1.165, 1.54) is 25.8 Å². The van der Waals surface area contributed by atoms with Crippen molar-refractivity contribution in [2.45, 2.75) is 19.6 Å². The Hall–Kier alpha value is -2.55. The molecule has 1 heterocycles. The molecular weight excluding hydrogens is 332 g/mol. The van der Waals surface area contributed by atoms with Crippen LogP contribution >= 0.6 is 11.8 Å². The third-order valence-electron chi connectivity index (χ3n) is 2.83. The van der Waals surface area contributed by atoms with Gasteiger partial charge in [0.15, 0.2) is 5.82 Å². The summed E-state index contributed by atoms with van der Waals surface area (Å²) in [6.45, 7) is 3.12. The number of carbonyl (C=O) groups is 2. The number of aromatic nitrogens is 2. The Morgan fingerprint density at radius 2 is 2.12 bits per heavy atom. The number of ether oxygens (including phenoxy) is 1. The summed E-state index contributed by atoms with van der Waals surface area (Å²) >= 11 is 1.38. The van der Waals surface area contributed by atoms with E-state index in [0.717, 1.165) is 0 Å². The van der Waals surface area contributed by atoms with Gasteiger partial charge in [-0.15, -0.1) is 11.8 Å². The number of thioether (sulfide) groups is 1. The third kappa shape index (κ3) is 5.27. The molecule has 2 aromatic rings. The molecule has 2 rings (SSSR count). The van der Waals surface area contributed by atoms with Gasteiger partial charge in [-0.05, 0) is 18.2 Å². The van der Waals surface area contributed by atoms with Gasteiger partial charge in [-0.25, -0.2) is 0 Å². The Kier molecular flexibility index (Phi) is 6.19. The maximum atomic E-state index is 12.0. The summed E-state index contributed by atoms with van der Waals surface area (Å²) in [5, 5.41) is 9.19. The minimum atomic E-state index is -0.220. The van der Waals surface area contributed by atoms with Crippen LogP contribution in [0.2, 0.25) is 0 Å². The molecule has 0 spiro atoms. The fourth-order valence-electron chi connectivity index (χ4n) is 1.91. The van der Waals surface area contributed by atoms with Gasteiger partial charge in [0.25, 0.3) is 0 Å². The molecule has 0 aliphatic heterocycles. The van der Waals surface area contributed by atoms with Crippen molar-refractivity contribution in [2.75, 3.05) is 23.5 Å². The van der Waals surface area contributed by atoms with Crippen molar-refractivity contribution >= 4 is 35.0 Å². The molecule has 2 amide bonds. The van der Waals surface area contributed by atoms with Gasteiger partial charge in [-0.1, -0.05) is 5.16 Å². The summed E-state index contributed by atoms with van der Waals surface area (Å²) in [5.74, 6) is 1.92. The topological polar surface area (TPSA) is 106 Å². The molecule has 0 fully saturated rings. The number of benzene rings is 1. The number of carbonyl (C=O) groups excluding carboxylic acids is 2. The second-order valence-corrected chi connectivity index (χ2v) is 5.85. The number of hydrogen-bond acceptors (Lipinski definition) is 7. The van der Waals surface area contributed by atoms with Gasteiger partial charge in [0.2, 0.25) is 17.7 Å². The third-order valence-corrected chi connectivity index (χ3v) is 3.76. The Balaban J connectivity index is 1.89. The van der Waals surface area contributed by atoms with E-state index >= 15 is 0 Å². The molecule has 1 aromatic heterocycles. The second-order valence-electron chi connectivity index (χ2n) is 4.87. The highest BCUT2D eigenvalue weighted by atomic mass is 32.2. The van der Waals surface area contributed by atoms with Crippen LogP contribution in [0.1, 0.15) is 18.6 Å². The van der Waals surface area contributed by atoms with Crippen molar-refractivity contribution in [3.63, 3.8) is 0 Å². The number of rotatable bonds is 7. The van der Waals surface area contributed by atoms with Crippen molar-refractivity contribution in [1.82, 2.24) is 10.1 Å². The van der Waals surface area contributed by atoms with Gasteiger partial charge in [0, 0.05) is 19.5 Å². The molecule has 9 heteroatoms. The van der Waals surface area contributed by atoms with Gasteiger partial charge < -0.3 is 19.9 Å². The van der Waals surface area contributed by atoms with Gasteiger partial charge in [-0.3, -0.25) is 9.59 Å². The van der Waals surface area contributed by atoms with Gasteiger partial charge in [-0.2, -0.15) is 4.98 Å². The van der Waals surface area contributed by atoms with E-state index in [2.05, 4.69) is 20.8 Å². The Labute approximate surface area is 143 Å². The molecule has 0 aliphatic carbocycles. The first-order valence-electron chi connectivity index (χ1n) is 7.10. The van der Waals surface area contributed by atoms with Crippen molar-refractivity contribution in [3.05, 3.63) is 29.9 Å². The molecule has 0 radical (unpaired) electrons. The molecule has 1 aromatic carbocycles. The molecule has 0 saturated heterocycles. The van der Waals surface area contributed by atoms with E-state index < -0.39 is 0 Å². The average molecular weight is 350 g/mol. The lowest BCUT2D eigenvalue weighted by molar-refractivity contribution is -0.114. The van der Waals surface area contributed by atoms with Crippen LogP contribution in [0.5, 0.6) is 5.75 Å². The van der Waals surface area contributed by atoms with E-state index in [9.17, 15) is 9.59 Å². The predicted molar refractivity (Wildman–Crippen MR) is 91.1 cm³/mol. The van der Waals surface area contributed by atoms with Gasteiger partial charge >= 0.3 is 0 Å². The van der Waals surface area contributed by atoms with E-state index in [-0.39, 0.29) is 17.6 Å². The SMILES string of the molecule is COc1ccc(NC(=O)CSCc2noc(C)n2)cc1NC(C)=O. The lowest BCUT2D eigenvalue weighted by Gasteiger charge is -2.11. The fourth-order valence-corrected chi connectivity index (χ4v) is 2.56. The van der Waals surface area contributed by atoms with Crippen LogP contribution in [0.15, 0.2) is 22.7 Å². The highest BCUT2D eigenvalue weighted by Crippen LogP contribution is 2.27. The number of nitrogens with one attached hydrogen (secondary N) is 2. The first-order valence-corrected chi connectivity index (χ1v) is 8.26. The maximum absolute atomic E-state index is 12.0. The van der Waals surface area contributed by atoms with Crippen LogP contribution in [-0.4, -0.2) is 34.8 Å². The molecule has 2 N–H and O–H groups in total. The lowest BCUT2D eigenvalue weighted by Crippen LogP contribution is -2.15. The maximum Gasteiger partial charge on any atom is 0.234 e. The molecule has 0 bridgehead atoms. The zero-order valence-electron chi connectivity index (χ0n) is 13.6. The van der Waals surface area contributed by atoms with Crippen LogP contribution in [0.4, 0.5) is 11.4 Å². The summed E-state index contributed by atoms with van der Waals surface area (Å²) in [7, 11) is 1.51. The molecular formula is C15H18N4O4S. The molecule has 0 unspecified atom stereocenters. The smallest absolute Gasteiger partial charge is 0.234 e. The summed E-state index contributed by atoms with van der Waals surface area (Å²) in [6, 6.07) is 5.02. The van der Waals surface area contributed by atoms with Crippen molar-refractivity contribution in [1.29, 1.82) is 0 Å². The first-order chi connectivity index (χ1) is 11.5. The summed E-state index contributed by atoms with van der Waals surface area (Å²) in [4.78, 5) is 27.3. The number of aryl methyl sites for hydroxylation is 1. The minimum Gasteiger partial charge on any atom is -0.495 e. The molecule has 24 heavy (non-hydrogen) atoms. The quantitative estimate of drug-likeness (QED) is 0.788. The van der Waals surface area contributed by atoms with Crippen LogP contribution < -0.4 is 15.4 Å². The normalized spacial score (nSPS) is 10.3. The number of anilines is 2. The van der Waals surface area contributed by atoms with E-state index in [0.29, 0.717) is 34.6 Å².